The molecule has 0 unspecified atom stereocenters. The predicted molar refractivity (Wildman–Crippen MR) is 132 cm³/mol. The number of hydrogen-bond acceptors (Lipinski definition) is 5. The molecule has 3 N–H and O–H groups in total. The third-order valence-electron chi connectivity index (χ3n) is 6.77. The van der Waals surface area contributed by atoms with Crippen LogP contribution in [0.4, 0.5) is 28.9 Å². The Kier molecular flexibility index (Phi) is 6.76. The van der Waals surface area contributed by atoms with E-state index in [-0.39, 0.29) is 23.8 Å². The fourth-order valence-electron chi connectivity index (χ4n) is 5.16. The number of carbonyl (C=O) groups is 1. The van der Waals surface area contributed by atoms with Crippen LogP contribution in [-0.4, -0.2) is 36.6 Å². The van der Waals surface area contributed by atoms with Gasteiger partial charge in [-0.05, 0) is 43.4 Å². The zero-order chi connectivity index (χ0) is 26.3. The molecule has 37 heavy (non-hydrogen) atoms. The van der Waals surface area contributed by atoms with Gasteiger partial charge in [-0.3, -0.25) is 9.78 Å². The summed E-state index contributed by atoms with van der Waals surface area (Å²) < 4.78 is 65.9. The standard InChI is InChI=1S/C27H26F4N4O2/c1-14-9-15(32)13-35(12-14)21-6-7-33-11-20(21)34-27(36)17-4-5-18(28)23(26(17)31)24-19(29)10-22-16(25(24)30)3-2-8-37-22/h4-7,10-11,14-15H,2-3,8-9,12-13,32H2,1H3,(H,34,36)/t14-,15+/m1/s1. The quantitative estimate of drug-likeness (QED) is 0.476. The van der Waals surface area contributed by atoms with E-state index in [1.807, 2.05) is 4.90 Å². The largest absolute Gasteiger partial charge is 0.493 e. The van der Waals surface area contributed by atoms with Gasteiger partial charge in [0, 0.05) is 37.0 Å². The first kappa shape index (κ1) is 25.0. The van der Waals surface area contributed by atoms with Crippen molar-refractivity contribution in [3.63, 3.8) is 0 Å². The van der Waals surface area contributed by atoms with Crippen molar-refractivity contribution in [2.75, 3.05) is 29.9 Å². The predicted octanol–water partition coefficient (Wildman–Crippen LogP) is 5.06. The molecule has 194 valence electrons. The molecule has 1 amide bonds. The second kappa shape index (κ2) is 10.0. The minimum Gasteiger partial charge on any atom is -0.493 e. The van der Waals surface area contributed by atoms with Crippen molar-refractivity contribution < 1.29 is 27.1 Å². The van der Waals surface area contributed by atoms with Crippen LogP contribution in [0.2, 0.25) is 0 Å². The SMILES string of the molecule is C[C@@H]1C[C@H](N)CN(c2ccncc2NC(=O)c2ccc(F)c(-c3c(F)cc4c(c3F)CCCO4)c2F)C1. The Morgan fingerprint density at radius 2 is 1.89 bits per heavy atom. The molecule has 0 radical (unpaired) electrons. The Labute approximate surface area is 211 Å². The van der Waals surface area contributed by atoms with E-state index >= 15 is 8.78 Å². The van der Waals surface area contributed by atoms with Crippen molar-refractivity contribution in [3.05, 3.63) is 71.1 Å². The molecule has 5 rings (SSSR count). The highest BCUT2D eigenvalue weighted by molar-refractivity contribution is 6.06. The zero-order valence-corrected chi connectivity index (χ0v) is 20.2. The van der Waals surface area contributed by atoms with Crippen LogP contribution in [0.1, 0.15) is 35.7 Å². The van der Waals surface area contributed by atoms with Gasteiger partial charge in [0.05, 0.1) is 40.9 Å². The van der Waals surface area contributed by atoms with Gasteiger partial charge in [-0.25, -0.2) is 17.6 Å². The lowest BCUT2D eigenvalue weighted by Gasteiger charge is -2.37. The number of piperidine rings is 1. The third kappa shape index (κ3) is 4.73. The Hall–Kier alpha value is -3.66. The number of benzene rings is 2. The van der Waals surface area contributed by atoms with Crippen molar-refractivity contribution in [2.24, 2.45) is 11.7 Å². The monoisotopic (exact) mass is 514 g/mol. The van der Waals surface area contributed by atoms with Crippen LogP contribution >= 0.6 is 0 Å². The van der Waals surface area contributed by atoms with Crippen LogP contribution in [0.25, 0.3) is 11.1 Å². The number of nitrogens with one attached hydrogen (secondary N) is 1. The molecule has 2 aliphatic heterocycles. The molecule has 2 atom stereocenters. The number of pyridine rings is 1. The first-order valence-electron chi connectivity index (χ1n) is 12.1. The van der Waals surface area contributed by atoms with E-state index in [9.17, 15) is 13.6 Å². The molecule has 1 aromatic heterocycles. The highest BCUT2D eigenvalue weighted by Gasteiger charge is 2.30. The van der Waals surface area contributed by atoms with E-state index in [2.05, 4.69) is 17.2 Å². The fourth-order valence-corrected chi connectivity index (χ4v) is 5.16. The summed E-state index contributed by atoms with van der Waals surface area (Å²) >= 11 is 0. The Morgan fingerprint density at radius 3 is 2.68 bits per heavy atom. The van der Waals surface area contributed by atoms with Crippen LogP contribution in [0.5, 0.6) is 5.75 Å². The molecule has 6 nitrogen and oxygen atoms in total. The van der Waals surface area contributed by atoms with Crippen molar-refractivity contribution in [2.45, 2.75) is 32.2 Å². The van der Waals surface area contributed by atoms with Crippen LogP contribution in [0.3, 0.4) is 0 Å². The van der Waals surface area contributed by atoms with Gasteiger partial charge >= 0.3 is 0 Å². The average Bonchev–Trinajstić information content (AvgIpc) is 2.85. The highest BCUT2D eigenvalue weighted by atomic mass is 19.1. The second-order valence-corrected chi connectivity index (χ2v) is 9.61. The van der Waals surface area contributed by atoms with Gasteiger partial charge in [-0.2, -0.15) is 0 Å². The normalized spacial score (nSPS) is 19.2. The molecule has 0 spiro atoms. The van der Waals surface area contributed by atoms with Crippen LogP contribution < -0.4 is 20.7 Å². The number of nitrogens with two attached hydrogens (primary N) is 1. The lowest BCUT2D eigenvalue weighted by atomic mass is 9.95. The summed E-state index contributed by atoms with van der Waals surface area (Å²) in [6.07, 6.45) is 4.58. The fraction of sp³-hybridized carbons (Fsp3) is 0.333. The Balaban J connectivity index is 1.51. The summed E-state index contributed by atoms with van der Waals surface area (Å²) in [4.78, 5) is 19.2. The number of nitrogens with zero attached hydrogens (tertiary/aromatic N) is 2. The number of fused-ring (bicyclic) bond motifs is 1. The number of halogens is 4. The molecule has 10 heteroatoms. The average molecular weight is 515 g/mol. The van der Waals surface area contributed by atoms with Crippen molar-refractivity contribution in [3.8, 4) is 16.9 Å². The van der Waals surface area contributed by atoms with Gasteiger partial charge in [0.15, 0.2) is 0 Å². The van der Waals surface area contributed by atoms with E-state index in [0.29, 0.717) is 43.4 Å². The van der Waals surface area contributed by atoms with Gasteiger partial charge in [0.2, 0.25) is 0 Å². The zero-order valence-electron chi connectivity index (χ0n) is 20.2. The Morgan fingerprint density at radius 1 is 1.11 bits per heavy atom. The summed E-state index contributed by atoms with van der Waals surface area (Å²) in [7, 11) is 0. The molecule has 0 bridgehead atoms. The van der Waals surface area contributed by atoms with Gasteiger partial charge in [-0.1, -0.05) is 6.92 Å². The molecule has 0 aliphatic carbocycles. The summed E-state index contributed by atoms with van der Waals surface area (Å²) in [5.41, 5.74) is 4.79. The van der Waals surface area contributed by atoms with Crippen molar-refractivity contribution in [1.82, 2.24) is 4.98 Å². The molecular formula is C27H26F4N4O2. The van der Waals surface area contributed by atoms with E-state index < -0.39 is 45.9 Å². The molecule has 1 fully saturated rings. The van der Waals surface area contributed by atoms with E-state index in [0.717, 1.165) is 24.6 Å². The molecule has 0 saturated carbocycles. The lowest BCUT2D eigenvalue weighted by Crippen LogP contribution is -2.46. The number of rotatable bonds is 4. The number of aromatic nitrogens is 1. The van der Waals surface area contributed by atoms with Gasteiger partial charge in [0.1, 0.15) is 29.0 Å². The second-order valence-electron chi connectivity index (χ2n) is 9.61. The minimum atomic E-state index is -1.37. The first-order chi connectivity index (χ1) is 17.7. The maximum Gasteiger partial charge on any atom is 0.258 e. The molecule has 2 aromatic carbocycles. The van der Waals surface area contributed by atoms with Crippen LogP contribution in [0.15, 0.2) is 36.7 Å². The number of carbonyl (C=O) groups excluding carboxylic acids is 1. The number of anilines is 2. The summed E-state index contributed by atoms with van der Waals surface area (Å²) in [5, 5.41) is 2.62. The van der Waals surface area contributed by atoms with Crippen molar-refractivity contribution in [1.29, 1.82) is 0 Å². The van der Waals surface area contributed by atoms with Crippen molar-refractivity contribution >= 4 is 17.3 Å². The molecule has 3 aromatic rings. The van der Waals surface area contributed by atoms with Crippen LogP contribution in [-0.2, 0) is 6.42 Å². The summed E-state index contributed by atoms with van der Waals surface area (Å²) in [5.74, 6) is -5.42. The molecule has 3 heterocycles. The maximum absolute atomic E-state index is 15.6. The van der Waals surface area contributed by atoms with E-state index in [1.54, 1.807) is 12.3 Å². The molecule has 2 aliphatic rings. The van der Waals surface area contributed by atoms with E-state index in [4.69, 9.17) is 10.5 Å². The third-order valence-corrected chi connectivity index (χ3v) is 6.77. The van der Waals surface area contributed by atoms with E-state index in [1.165, 1.54) is 6.20 Å². The molecule has 1 saturated heterocycles. The minimum absolute atomic E-state index is 0.00979. The van der Waals surface area contributed by atoms with Gasteiger partial charge < -0.3 is 20.7 Å². The number of amides is 1. The maximum atomic E-state index is 15.6. The van der Waals surface area contributed by atoms with Gasteiger partial charge in [0.25, 0.3) is 5.91 Å². The van der Waals surface area contributed by atoms with Crippen LogP contribution in [0, 0.1) is 29.2 Å². The smallest absolute Gasteiger partial charge is 0.258 e. The topological polar surface area (TPSA) is 80.5 Å². The number of hydrogen-bond donors (Lipinski definition) is 2. The summed E-state index contributed by atoms with van der Waals surface area (Å²) in [6, 6.07) is 4.34. The highest BCUT2D eigenvalue weighted by Crippen LogP contribution is 2.39. The lowest BCUT2D eigenvalue weighted by molar-refractivity contribution is 0.102. The Bertz CT molecular complexity index is 1360. The van der Waals surface area contributed by atoms with Gasteiger partial charge in [-0.15, -0.1) is 0 Å². The summed E-state index contributed by atoms with van der Waals surface area (Å²) in [6.45, 7) is 3.64. The number of ether oxygens (including phenoxy) is 1. The molecular weight excluding hydrogens is 488 g/mol. The first-order valence-corrected chi connectivity index (χ1v) is 12.1.